The van der Waals surface area contributed by atoms with Crippen LogP contribution in [0, 0.1) is 6.57 Å². The van der Waals surface area contributed by atoms with Crippen molar-refractivity contribution in [2.24, 2.45) is 0 Å². The van der Waals surface area contributed by atoms with Gasteiger partial charge in [0.1, 0.15) is 0 Å². The molecule has 0 aliphatic rings. The fourth-order valence-corrected chi connectivity index (χ4v) is 7.59. The highest BCUT2D eigenvalue weighted by Gasteiger charge is 2.18. The summed E-state index contributed by atoms with van der Waals surface area (Å²) >= 11 is 0. The molecule has 0 unspecified atom stereocenters. The number of para-hydroxylation sites is 1. The van der Waals surface area contributed by atoms with Crippen molar-refractivity contribution < 1.29 is 0 Å². The zero-order valence-corrected chi connectivity index (χ0v) is 29.0. The molecule has 0 aromatic heterocycles. The van der Waals surface area contributed by atoms with Gasteiger partial charge in [0.05, 0.1) is 12.3 Å². The highest BCUT2D eigenvalue weighted by Crippen LogP contribution is 2.45. The number of hydrogen-bond donors (Lipinski definition) is 0. The van der Waals surface area contributed by atoms with E-state index in [1.165, 1.54) is 54.6 Å². The van der Waals surface area contributed by atoms with Gasteiger partial charge in [-0.2, -0.15) is 0 Å². The number of anilines is 3. The predicted octanol–water partition coefficient (Wildman–Crippen LogP) is 14.7. The molecule has 9 rings (SSSR count). The van der Waals surface area contributed by atoms with Gasteiger partial charge in [-0.25, -0.2) is 4.85 Å². The minimum atomic E-state index is 0.649. The Labute approximate surface area is 310 Å². The third-order valence-corrected chi connectivity index (χ3v) is 10.0. The fourth-order valence-electron chi connectivity index (χ4n) is 7.59. The molecule has 0 spiro atoms. The normalized spacial score (nSPS) is 11.3. The summed E-state index contributed by atoms with van der Waals surface area (Å²) in [5.41, 5.74) is 11.0. The third-order valence-electron chi connectivity index (χ3n) is 10.0. The number of benzene rings is 9. The summed E-state index contributed by atoms with van der Waals surface area (Å²) in [6, 6.07) is 68.9. The molecule has 9 aromatic rings. The van der Waals surface area contributed by atoms with Crippen LogP contribution < -0.4 is 4.90 Å². The Bertz CT molecular complexity index is 2760. The van der Waals surface area contributed by atoms with Crippen LogP contribution in [0.1, 0.15) is 11.1 Å². The number of nitrogens with zero attached hydrogens (tertiary/aromatic N) is 2. The summed E-state index contributed by atoms with van der Waals surface area (Å²) in [4.78, 5) is 5.92. The van der Waals surface area contributed by atoms with E-state index in [2.05, 4.69) is 192 Å². The smallest absolute Gasteiger partial charge is 0.187 e. The maximum atomic E-state index is 7.32. The molecule has 0 aliphatic heterocycles. The average Bonchev–Trinajstić information content (AvgIpc) is 3.23. The molecular formula is C51H34N2. The van der Waals surface area contributed by atoms with Crippen LogP contribution in [0.15, 0.2) is 194 Å². The van der Waals surface area contributed by atoms with Crippen LogP contribution in [-0.2, 0) is 0 Å². The molecule has 0 N–H and O–H groups in total. The predicted molar refractivity (Wildman–Crippen MR) is 226 cm³/mol. The summed E-state index contributed by atoms with van der Waals surface area (Å²) in [7, 11) is 0. The van der Waals surface area contributed by atoms with Gasteiger partial charge >= 0.3 is 0 Å². The Hall–Kier alpha value is -7.21. The molecule has 248 valence electrons. The maximum absolute atomic E-state index is 7.32. The third kappa shape index (κ3) is 6.01. The molecule has 0 amide bonds. The summed E-state index contributed by atoms with van der Waals surface area (Å²) in [6.07, 6.45) is 4.17. The van der Waals surface area contributed by atoms with Gasteiger partial charge in [0.25, 0.3) is 0 Å². The van der Waals surface area contributed by atoms with E-state index in [1.54, 1.807) is 0 Å². The highest BCUT2D eigenvalue weighted by atomic mass is 15.1. The quantitative estimate of drug-likeness (QED) is 0.0927. The summed E-state index contributed by atoms with van der Waals surface area (Å²) < 4.78 is 0. The van der Waals surface area contributed by atoms with Crippen LogP contribution in [0.3, 0.4) is 0 Å². The Morgan fingerprint density at radius 1 is 0.396 bits per heavy atom. The number of fused-ring (bicyclic) bond motifs is 3. The Morgan fingerprint density at radius 2 is 0.887 bits per heavy atom. The zero-order chi connectivity index (χ0) is 35.6. The van der Waals surface area contributed by atoms with E-state index in [4.69, 9.17) is 6.57 Å². The van der Waals surface area contributed by atoms with Crippen molar-refractivity contribution in [1.29, 1.82) is 0 Å². The molecule has 0 saturated heterocycles. The standard InChI is InChI=1S/C51H34N2/c1-52-41-16-11-13-37(35-41)26-25-36-27-29-39(30-28-36)50-45-20-7-9-22-47(45)51(48-23-10-8-21-46(48)50)40-31-33-43(34-32-40)53(42-17-3-2-4-18-42)49-24-12-15-38-14-5-6-19-44(38)49/h2-35H/b26-25+. The van der Waals surface area contributed by atoms with Gasteiger partial charge in [-0.15, -0.1) is 0 Å². The zero-order valence-electron chi connectivity index (χ0n) is 29.0. The molecule has 0 heterocycles. The van der Waals surface area contributed by atoms with Crippen molar-refractivity contribution in [2.75, 3.05) is 4.90 Å². The van der Waals surface area contributed by atoms with Crippen LogP contribution >= 0.6 is 0 Å². The Balaban J connectivity index is 1.14. The van der Waals surface area contributed by atoms with E-state index in [0.717, 1.165) is 28.2 Å². The van der Waals surface area contributed by atoms with Crippen molar-refractivity contribution >= 4 is 67.2 Å². The second kappa shape index (κ2) is 13.8. The van der Waals surface area contributed by atoms with Crippen molar-refractivity contribution in [2.45, 2.75) is 0 Å². The minimum Gasteiger partial charge on any atom is -0.310 e. The molecule has 2 nitrogen and oxygen atoms in total. The molecule has 0 bridgehead atoms. The van der Waals surface area contributed by atoms with Crippen LogP contribution in [0.25, 0.3) is 71.6 Å². The topological polar surface area (TPSA) is 7.60 Å². The van der Waals surface area contributed by atoms with Gasteiger partial charge in [-0.3, -0.25) is 0 Å². The van der Waals surface area contributed by atoms with Gasteiger partial charge in [0, 0.05) is 16.8 Å². The highest BCUT2D eigenvalue weighted by molar-refractivity contribution is 6.21. The molecule has 0 fully saturated rings. The van der Waals surface area contributed by atoms with Crippen molar-refractivity contribution in [3.05, 3.63) is 217 Å². The first-order valence-electron chi connectivity index (χ1n) is 17.9. The van der Waals surface area contributed by atoms with Crippen LogP contribution in [0.2, 0.25) is 0 Å². The molecule has 53 heavy (non-hydrogen) atoms. The van der Waals surface area contributed by atoms with E-state index >= 15 is 0 Å². The summed E-state index contributed by atoms with van der Waals surface area (Å²) in [5.74, 6) is 0. The van der Waals surface area contributed by atoms with Crippen LogP contribution in [0.4, 0.5) is 22.7 Å². The van der Waals surface area contributed by atoms with Gasteiger partial charge in [0.15, 0.2) is 5.69 Å². The monoisotopic (exact) mass is 674 g/mol. The van der Waals surface area contributed by atoms with Gasteiger partial charge in [-0.05, 0) is 96.7 Å². The van der Waals surface area contributed by atoms with Crippen molar-refractivity contribution in [3.8, 4) is 22.3 Å². The molecule has 0 atom stereocenters. The average molecular weight is 675 g/mol. The van der Waals surface area contributed by atoms with Gasteiger partial charge in [0.2, 0.25) is 0 Å². The van der Waals surface area contributed by atoms with E-state index in [0.29, 0.717) is 5.69 Å². The lowest BCUT2D eigenvalue weighted by atomic mass is 9.86. The van der Waals surface area contributed by atoms with E-state index in [-0.39, 0.29) is 0 Å². The SMILES string of the molecule is [C-]#[N+]c1cccc(/C=C/c2ccc(-c3c4ccccc4c(-c4ccc(N(c5ccccc5)c5cccc6ccccc56)cc4)c4ccccc34)cc2)c1. The molecule has 0 radical (unpaired) electrons. The summed E-state index contributed by atoms with van der Waals surface area (Å²) in [6.45, 7) is 7.32. The van der Waals surface area contributed by atoms with E-state index in [1.807, 2.05) is 24.3 Å². The second-order valence-corrected chi connectivity index (χ2v) is 13.2. The van der Waals surface area contributed by atoms with Crippen molar-refractivity contribution in [3.63, 3.8) is 0 Å². The molecule has 0 aliphatic carbocycles. The maximum Gasteiger partial charge on any atom is 0.187 e. The fraction of sp³-hybridized carbons (Fsp3) is 0. The lowest BCUT2D eigenvalue weighted by Gasteiger charge is -2.27. The van der Waals surface area contributed by atoms with E-state index < -0.39 is 0 Å². The van der Waals surface area contributed by atoms with Gasteiger partial charge in [-0.1, -0.05) is 170 Å². The molecule has 0 saturated carbocycles. The molecule has 2 heteroatoms. The lowest BCUT2D eigenvalue weighted by molar-refractivity contribution is 1.30. The largest absolute Gasteiger partial charge is 0.310 e. The first-order valence-corrected chi connectivity index (χ1v) is 17.9. The van der Waals surface area contributed by atoms with Crippen LogP contribution in [-0.4, -0.2) is 0 Å². The minimum absolute atomic E-state index is 0.649. The number of rotatable bonds is 7. The van der Waals surface area contributed by atoms with Gasteiger partial charge < -0.3 is 4.90 Å². The molecule has 9 aromatic carbocycles. The Morgan fingerprint density at radius 3 is 1.51 bits per heavy atom. The first-order chi connectivity index (χ1) is 26.2. The summed E-state index contributed by atoms with van der Waals surface area (Å²) in [5, 5.41) is 7.34. The first kappa shape index (κ1) is 31.7. The van der Waals surface area contributed by atoms with Crippen molar-refractivity contribution in [1.82, 2.24) is 0 Å². The lowest BCUT2D eigenvalue weighted by Crippen LogP contribution is -2.10. The number of hydrogen-bond acceptors (Lipinski definition) is 1. The van der Waals surface area contributed by atoms with E-state index in [9.17, 15) is 0 Å². The second-order valence-electron chi connectivity index (χ2n) is 13.2. The molecular weight excluding hydrogens is 641 g/mol. The Kier molecular flexibility index (Phi) is 8.29. The van der Waals surface area contributed by atoms with Crippen LogP contribution in [0.5, 0.6) is 0 Å².